The van der Waals surface area contributed by atoms with Gasteiger partial charge in [0.05, 0.1) is 5.41 Å². The van der Waals surface area contributed by atoms with Crippen LogP contribution in [-0.4, -0.2) is 16.7 Å². The molecule has 19 heavy (non-hydrogen) atoms. The van der Waals surface area contributed by atoms with Crippen LogP contribution in [0, 0.1) is 0 Å². The summed E-state index contributed by atoms with van der Waals surface area (Å²) in [6, 6.07) is 8.30. The molecule has 0 amide bonds. The van der Waals surface area contributed by atoms with E-state index in [1.165, 1.54) is 12.0 Å². The van der Waals surface area contributed by atoms with E-state index < -0.39 is 0 Å². The van der Waals surface area contributed by atoms with Crippen LogP contribution >= 0.6 is 0 Å². The SMILES string of the molecule is CCc1ccc(-c2noc(C3(CN)CCC3)n2)cc1. The van der Waals surface area contributed by atoms with Crippen LogP contribution < -0.4 is 5.73 Å². The molecule has 2 aromatic rings. The third-order valence-corrected chi connectivity index (χ3v) is 4.20. The van der Waals surface area contributed by atoms with Gasteiger partial charge in [-0.25, -0.2) is 0 Å². The fourth-order valence-corrected chi connectivity index (χ4v) is 2.55. The van der Waals surface area contributed by atoms with Crippen LogP contribution in [0.3, 0.4) is 0 Å². The Morgan fingerprint density at radius 2 is 2.00 bits per heavy atom. The van der Waals surface area contributed by atoms with E-state index in [2.05, 4.69) is 29.2 Å². The van der Waals surface area contributed by atoms with Crippen molar-refractivity contribution < 1.29 is 4.52 Å². The number of benzene rings is 1. The molecule has 1 aromatic carbocycles. The lowest BCUT2D eigenvalue weighted by Crippen LogP contribution is -2.41. The van der Waals surface area contributed by atoms with Crippen molar-refractivity contribution in [3.8, 4) is 11.4 Å². The number of rotatable bonds is 4. The summed E-state index contributed by atoms with van der Waals surface area (Å²) in [6.45, 7) is 2.73. The number of nitrogens with two attached hydrogens (primary N) is 1. The van der Waals surface area contributed by atoms with Crippen molar-refractivity contribution in [2.75, 3.05) is 6.54 Å². The van der Waals surface area contributed by atoms with Crippen molar-refractivity contribution in [1.82, 2.24) is 10.1 Å². The summed E-state index contributed by atoms with van der Waals surface area (Å²) in [6.07, 6.45) is 4.34. The number of hydrogen-bond acceptors (Lipinski definition) is 4. The minimum absolute atomic E-state index is 0.0609. The van der Waals surface area contributed by atoms with Gasteiger partial charge in [-0.3, -0.25) is 0 Å². The maximum atomic E-state index is 5.86. The smallest absolute Gasteiger partial charge is 0.234 e. The largest absolute Gasteiger partial charge is 0.338 e. The standard InChI is InChI=1S/C15H19N3O/c1-2-11-4-6-12(7-5-11)13-17-14(19-18-13)15(10-16)8-3-9-15/h4-7H,2-3,8-10,16H2,1H3. The van der Waals surface area contributed by atoms with Crippen LogP contribution in [0.15, 0.2) is 28.8 Å². The van der Waals surface area contributed by atoms with Gasteiger partial charge in [0.15, 0.2) is 0 Å². The summed E-state index contributed by atoms with van der Waals surface area (Å²) >= 11 is 0. The van der Waals surface area contributed by atoms with Crippen LogP contribution in [0.2, 0.25) is 0 Å². The summed E-state index contributed by atoms with van der Waals surface area (Å²) in [5.41, 5.74) is 8.11. The Morgan fingerprint density at radius 1 is 1.26 bits per heavy atom. The summed E-state index contributed by atoms with van der Waals surface area (Å²) < 4.78 is 5.43. The van der Waals surface area contributed by atoms with E-state index in [1.54, 1.807) is 0 Å². The fourth-order valence-electron chi connectivity index (χ4n) is 2.55. The van der Waals surface area contributed by atoms with E-state index in [4.69, 9.17) is 10.3 Å². The molecule has 3 rings (SSSR count). The molecule has 1 aliphatic carbocycles. The van der Waals surface area contributed by atoms with Gasteiger partial charge in [0.2, 0.25) is 11.7 Å². The minimum Gasteiger partial charge on any atom is -0.338 e. The summed E-state index contributed by atoms with van der Waals surface area (Å²) in [5.74, 6) is 1.37. The highest BCUT2D eigenvalue weighted by molar-refractivity contribution is 5.54. The Labute approximate surface area is 113 Å². The number of hydrogen-bond donors (Lipinski definition) is 1. The molecule has 2 N–H and O–H groups in total. The first-order valence-corrected chi connectivity index (χ1v) is 6.91. The van der Waals surface area contributed by atoms with Gasteiger partial charge in [0.1, 0.15) is 0 Å². The van der Waals surface area contributed by atoms with Gasteiger partial charge < -0.3 is 10.3 Å². The van der Waals surface area contributed by atoms with Crippen molar-refractivity contribution in [1.29, 1.82) is 0 Å². The first kappa shape index (κ1) is 12.4. The molecule has 1 heterocycles. The monoisotopic (exact) mass is 257 g/mol. The second kappa shape index (κ2) is 4.78. The van der Waals surface area contributed by atoms with E-state index in [1.807, 2.05) is 12.1 Å². The molecule has 1 aliphatic rings. The predicted octanol–water partition coefficient (Wildman–Crippen LogP) is 2.68. The normalized spacial score (nSPS) is 17.2. The van der Waals surface area contributed by atoms with Gasteiger partial charge in [-0.05, 0) is 24.8 Å². The average molecular weight is 257 g/mol. The fraction of sp³-hybridized carbons (Fsp3) is 0.467. The predicted molar refractivity (Wildman–Crippen MR) is 73.7 cm³/mol. The van der Waals surface area contributed by atoms with Gasteiger partial charge in [0, 0.05) is 12.1 Å². The zero-order valence-electron chi connectivity index (χ0n) is 11.2. The van der Waals surface area contributed by atoms with Gasteiger partial charge >= 0.3 is 0 Å². The quantitative estimate of drug-likeness (QED) is 0.914. The lowest BCUT2D eigenvalue weighted by molar-refractivity contribution is 0.182. The highest BCUT2D eigenvalue weighted by Gasteiger charge is 2.42. The van der Waals surface area contributed by atoms with Crippen molar-refractivity contribution in [2.45, 2.75) is 38.0 Å². The maximum absolute atomic E-state index is 5.86. The second-order valence-corrected chi connectivity index (χ2v) is 5.31. The molecule has 0 atom stereocenters. The number of nitrogens with zero attached hydrogens (tertiary/aromatic N) is 2. The zero-order valence-corrected chi connectivity index (χ0v) is 11.2. The molecule has 1 fully saturated rings. The highest BCUT2D eigenvalue weighted by Crippen LogP contribution is 2.42. The lowest BCUT2D eigenvalue weighted by Gasteiger charge is -2.36. The van der Waals surface area contributed by atoms with Crippen molar-refractivity contribution in [3.05, 3.63) is 35.7 Å². The van der Waals surface area contributed by atoms with Crippen LogP contribution in [0.25, 0.3) is 11.4 Å². The average Bonchev–Trinajstić information content (AvgIpc) is 2.88. The van der Waals surface area contributed by atoms with Gasteiger partial charge in [0.25, 0.3) is 0 Å². The van der Waals surface area contributed by atoms with Crippen molar-refractivity contribution >= 4 is 0 Å². The molecular weight excluding hydrogens is 238 g/mol. The summed E-state index contributed by atoms with van der Waals surface area (Å²) in [5, 5.41) is 4.10. The molecule has 0 unspecified atom stereocenters. The van der Waals surface area contributed by atoms with Gasteiger partial charge in [-0.15, -0.1) is 0 Å². The van der Waals surface area contributed by atoms with E-state index >= 15 is 0 Å². The third kappa shape index (κ3) is 2.06. The van der Waals surface area contributed by atoms with Crippen LogP contribution in [0.5, 0.6) is 0 Å². The molecule has 100 valence electrons. The third-order valence-electron chi connectivity index (χ3n) is 4.20. The van der Waals surface area contributed by atoms with Crippen molar-refractivity contribution in [2.24, 2.45) is 5.73 Å². The first-order chi connectivity index (χ1) is 9.27. The molecule has 4 nitrogen and oxygen atoms in total. The number of aromatic nitrogens is 2. The molecule has 0 radical (unpaired) electrons. The maximum Gasteiger partial charge on any atom is 0.234 e. The molecule has 1 aromatic heterocycles. The molecule has 1 saturated carbocycles. The molecule has 0 spiro atoms. The first-order valence-electron chi connectivity index (χ1n) is 6.91. The molecule has 4 heteroatoms. The second-order valence-electron chi connectivity index (χ2n) is 5.31. The molecular formula is C15H19N3O. The summed E-state index contributed by atoms with van der Waals surface area (Å²) in [4.78, 5) is 4.54. The Balaban J connectivity index is 1.88. The molecule has 0 bridgehead atoms. The van der Waals surface area contributed by atoms with E-state index in [9.17, 15) is 0 Å². The molecule has 0 aliphatic heterocycles. The minimum atomic E-state index is -0.0609. The lowest BCUT2D eigenvalue weighted by atomic mass is 9.69. The summed E-state index contributed by atoms with van der Waals surface area (Å²) in [7, 11) is 0. The van der Waals surface area contributed by atoms with E-state index in [-0.39, 0.29) is 5.41 Å². The van der Waals surface area contributed by atoms with Crippen LogP contribution in [0.1, 0.15) is 37.6 Å². The van der Waals surface area contributed by atoms with Gasteiger partial charge in [-0.1, -0.05) is 42.8 Å². The molecule has 0 saturated heterocycles. The van der Waals surface area contributed by atoms with Crippen LogP contribution in [-0.2, 0) is 11.8 Å². The van der Waals surface area contributed by atoms with E-state index in [0.29, 0.717) is 18.3 Å². The Hall–Kier alpha value is -1.68. The highest BCUT2D eigenvalue weighted by atomic mass is 16.5. The number of aryl methyl sites for hydroxylation is 1. The van der Waals surface area contributed by atoms with Gasteiger partial charge in [-0.2, -0.15) is 4.98 Å². The van der Waals surface area contributed by atoms with Crippen molar-refractivity contribution in [3.63, 3.8) is 0 Å². The zero-order chi connectivity index (χ0) is 13.3. The van der Waals surface area contributed by atoms with E-state index in [0.717, 1.165) is 24.8 Å². The Bertz CT molecular complexity index is 550. The van der Waals surface area contributed by atoms with Crippen LogP contribution in [0.4, 0.5) is 0 Å². The Morgan fingerprint density at radius 3 is 2.53 bits per heavy atom. The topological polar surface area (TPSA) is 64.9 Å². The Kier molecular flexibility index (Phi) is 3.11.